The largest absolute Gasteiger partial charge is 0.358 e. The van der Waals surface area contributed by atoms with Crippen LogP contribution >= 0.6 is 11.8 Å². The van der Waals surface area contributed by atoms with E-state index in [1.54, 1.807) is 7.05 Å². The van der Waals surface area contributed by atoms with E-state index in [4.69, 9.17) is 5.73 Å². The molecule has 0 saturated carbocycles. The van der Waals surface area contributed by atoms with Crippen molar-refractivity contribution in [3.05, 3.63) is 54.1 Å². The van der Waals surface area contributed by atoms with E-state index < -0.39 is 6.04 Å². The average molecular weight is 326 g/mol. The molecule has 1 heterocycles. The van der Waals surface area contributed by atoms with Gasteiger partial charge in [-0.05, 0) is 35.1 Å². The maximum Gasteiger partial charge on any atom is 0.236 e. The SMILES string of the molecule is CNC(=O)C(N)CC(C)C1Sc2ccccc2-c2ccccc21. The van der Waals surface area contributed by atoms with Crippen LogP contribution in [0.4, 0.5) is 0 Å². The first kappa shape index (κ1) is 16.1. The Morgan fingerprint density at radius 3 is 2.57 bits per heavy atom. The number of nitrogens with one attached hydrogen (secondary N) is 1. The molecule has 3 N–H and O–H groups in total. The van der Waals surface area contributed by atoms with Gasteiger partial charge in [0.05, 0.1) is 6.04 Å². The Hall–Kier alpha value is -1.78. The lowest BCUT2D eigenvalue weighted by Gasteiger charge is -2.32. The van der Waals surface area contributed by atoms with Gasteiger partial charge in [0, 0.05) is 17.2 Å². The Balaban J connectivity index is 1.91. The third-order valence-corrected chi connectivity index (χ3v) is 6.01. The maximum absolute atomic E-state index is 11.7. The first-order valence-corrected chi connectivity index (χ1v) is 8.82. The fourth-order valence-electron chi connectivity index (χ4n) is 3.22. The lowest BCUT2D eigenvalue weighted by Crippen LogP contribution is -2.40. The predicted molar refractivity (Wildman–Crippen MR) is 96.3 cm³/mol. The Morgan fingerprint density at radius 2 is 1.83 bits per heavy atom. The fourth-order valence-corrected chi connectivity index (χ4v) is 4.63. The van der Waals surface area contributed by atoms with Crippen molar-refractivity contribution in [2.75, 3.05) is 7.05 Å². The van der Waals surface area contributed by atoms with E-state index in [2.05, 4.69) is 60.8 Å². The molecule has 23 heavy (non-hydrogen) atoms. The zero-order chi connectivity index (χ0) is 16.4. The molecule has 3 nitrogen and oxygen atoms in total. The van der Waals surface area contributed by atoms with Gasteiger partial charge in [0.2, 0.25) is 5.91 Å². The van der Waals surface area contributed by atoms with Gasteiger partial charge in [0.15, 0.2) is 0 Å². The van der Waals surface area contributed by atoms with Gasteiger partial charge in [0.1, 0.15) is 0 Å². The van der Waals surface area contributed by atoms with E-state index in [0.29, 0.717) is 17.6 Å². The molecular weight excluding hydrogens is 304 g/mol. The molecule has 0 saturated heterocycles. The van der Waals surface area contributed by atoms with Crippen LogP contribution in [-0.2, 0) is 4.79 Å². The van der Waals surface area contributed by atoms with E-state index in [-0.39, 0.29) is 5.91 Å². The quantitative estimate of drug-likeness (QED) is 0.902. The van der Waals surface area contributed by atoms with Crippen molar-refractivity contribution in [2.45, 2.75) is 29.5 Å². The number of fused-ring (bicyclic) bond motifs is 3. The second kappa shape index (κ2) is 6.77. The smallest absolute Gasteiger partial charge is 0.236 e. The van der Waals surface area contributed by atoms with Gasteiger partial charge >= 0.3 is 0 Å². The third kappa shape index (κ3) is 3.14. The third-order valence-electron chi connectivity index (χ3n) is 4.42. The number of amides is 1. The van der Waals surface area contributed by atoms with Crippen LogP contribution in [0.25, 0.3) is 11.1 Å². The molecule has 0 radical (unpaired) electrons. The van der Waals surface area contributed by atoms with Crippen LogP contribution < -0.4 is 11.1 Å². The summed E-state index contributed by atoms with van der Waals surface area (Å²) in [5, 5.41) is 2.95. The van der Waals surface area contributed by atoms with E-state index in [1.807, 2.05) is 11.8 Å². The zero-order valence-electron chi connectivity index (χ0n) is 13.5. The van der Waals surface area contributed by atoms with Gasteiger partial charge in [0.25, 0.3) is 0 Å². The molecule has 0 fully saturated rings. The molecule has 3 rings (SSSR count). The normalized spacial score (nSPS) is 18.5. The van der Waals surface area contributed by atoms with Crippen molar-refractivity contribution >= 4 is 17.7 Å². The van der Waals surface area contributed by atoms with E-state index in [0.717, 1.165) is 0 Å². The second-order valence-corrected chi connectivity index (χ2v) is 7.24. The molecule has 1 aliphatic rings. The zero-order valence-corrected chi connectivity index (χ0v) is 14.3. The summed E-state index contributed by atoms with van der Waals surface area (Å²) in [6.07, 6.45) is 0.674. The molecule has 1 amide bonds. The van der Waals surface area contributed by atoms with Crippen molar-refractivity contribution in [1.29, 1.82) is 0 Å². The molecular formula is C19H22N2OS. The molecule has 2 aromatic carbocycles. The van der Waals surface area contributed by atoms with Crippen LogP contribution in [0.15, 0.2) is 53.4 Å². The summed E-state index contributed by atoms with van der Waals surface area (Å²) in [6, 6.07) is 16.6. The molecule has 3 atom stereocenters. The second-order valence-electron chi connectivity index (χ2n) is 6.06. The van der Waals surface area contributed by atoms with Crippen molar-refractivity contribution in [3.63, 3.8) is 0 Å². The number of benzene rings is 2. The molecule has 120 valence electrons. The number of thioether (sulfide) groups is 1. The highest BCUT2D eigenvalue weighted by Crippen LogP contribution is 2.52. The molecule has 4 heteroatoms. The van der Waals surface area contributed by atoms with Crippen molar-refractivity contribution < 1.29 is 4.79 Å². The van der Waals surface area contributed by atoms with E-state index in [1.165, 1.54) is 21.6 Å². The molecule has 0 spiro atoms. The topological polar surface area (TPSA) is 55.1 Å². The molecule has 0 aliphatic carbocycles. The van der Waals surface area contributed by atoms with Crippen LogP contribution in [0, 0.1) is 5.92 Å². The highest BCUT2D eigenvalue weighted by Gasteiger charge is 2.30. The Bertz CT molecular complexity index is 716. The molecule has 0 bridgehead atoms. The summed E-state index contributed by atoms with van der Waals surface area (Å²) in [7, 11) is 1.63. The lowest BCUT2D eigenvalue weighted by atomic mass is 9.88. The standard InChI is InChI=1S/C19H22N2OS/c1-12(11-16(20)19(22)21-2)18-15-9-4-3-7-13(15)14-8-5-6-10-17(14)23-18/h3-10,12,16,18H,11,20H2,1-2H3,(H,21,22). The minimum atomic E-state index is -0.458. The van der Waals surface area contributed by atoms with E-state index >= 15 is 0 Å². The Labute approximate surface area is 141 Å². The highest BCUT2D eigenvalue weighted by atomic mass is 32.2. The summed E-state index contributed by atoms with van der Waals surface area (Å²) < 4.78 is 0. The summed E-state index contributed by atoms with van der Waals surface area (Å²) >= 11 is 1.88. The molecule has 0 aromatic heterocycles. The maximum atomic E-state index is 11.7. The highest BCUT2D eigenvalue weighted by molar-refractivity contribution is 7.99. The van der Waals surface area contributed by atoms with Crippen molar-refractivity contribution in [1.82, 2.24) is 5.32 Å². The van der Waals surface area contributed by atoms with Gasteiger partial charge in [-0.25, -0.2) is 0 Å². The minimum absolute atomic E-state index is 0.0913. The number of likely N-dealkylation sites (N-methyl/N-ethyl adjacent to an activating group) is 1. The van der Waals surface area contributed by atoms with Crippen molar-refractivity contribution in [3.8, 4) is 11.1 Å². The Morgan fingerprint density at radius 1 is 1.17 bits per heavy atom. The summed E-state index contributed by atoms with van der Waals surface area (Å²) in [6.45, 7) is 2.19. The van der Waals surface area contributed by atoms with Crippen LogP contribution in [0.5, 0.6) is 0 Å². The summed E-state index contributed by atoms with van der Waals surface area (Å²) in [5.74, 6) is 0.216. The predicted octanol–water partition coefficient (Wildman–Crippen LogP) is 3.60. The minimum Gasteiger partial charge on any atom is -0.358 e. The number of rotatable bonds is 4. The average Bonchev–Trinajstić information content (AvgIpc) is 2.60. The van der Waals surface area contributed by atoms with Crippen LogP contribution in [0.1, 0.15) is 24.2 Å². The van der Waals surface area contributed by atoms with Gasteiger partial charge < -0.3 is 11.1 Å². The van der Waals surface area contributed by atoms with Gasteiger partial charge in [-0.2, -0.15) is 0 Å². The summed E-state index contributed by atoms with van der Waals surface area (Å²) in [4.78, 5) is 13.0. The van der Waals surface area contributed by atoms with Gasteiger partial charge in [-0.15, -0.1) is 11.8 Å². The number of carbonyl (C=O) groups is 1. The van der Waals surface area contributed by atoms with Crippen LogP contribution in [-0.4, -0.2) is 19.0 Å². The molecule has 1 aliphatic heterocycles. The van der Waals surface area contributed by atoms with Gasteiger partial charge in [-0.1, -0.05) is 49.4 Å². The molecule has 3 unspecified atom stereocenters. The van der Waals surface area contributed by atoms with Crippen LogP contribution in [0.2, 0.25) is 0 Å². The van der Waals surface area contributed by atoms with Crippen molar-refractivity contribution in [2.24, 2.45) is 11.7 Å². The number of carbonyl (C=O) groups excluding carboxylic acids is 1. The van der Waals surface area contributed by atoms with Gasteiger partial charge in [-0.3, -0.25) is 4.79 Å². The summed E-state index contributed by atoms with van der Waals surface area (Å²) in [5.41, 5.74) is 9.97. The first-order valence-electron chi connectivity index (χ1n) is 7.94. The number of nitrogens with two attached hydrogens (primary N) is 1. The van der Waals surface area contributed by atoms with Crippen LogP contribution in [0.3, 0.4) is 0 Å². The first-order chi connectivity index (χ1) is 11.1. The fraction of sp³-hybridized carbons (Fsp3) is 0.316. The number of hydrogen-bond donors (Lipinski definition) is 2. The monoisotopic (exact) mass is 326 g/mol. The lowest BCUT2D eigenvalue weighted by molar-refractivity contribution is -0.122. The number of hydrogen-bond acceptors (Lipinski definition) is 3. The molecule has 2 aromatic rings. The Kier molecular flexibility index (Phi) is 4.74. The van der Waals surface area contributed by atoms with E-state index in [9.17, 15) is 4.79 Å².